The molecule has 0 aliphatic heterocycles. The van der Waals surface area contributed by atoms with Crippen molar-refractivity contribution in [3.05, 3.63) is 65.1 Å². The van der Waals surface area contributed by atoms with Crippen molar-refractivity contribution in [2.45, 2.75) is 32.2 Å². The molecule has 0 radical (unpaired) electrons. The van der Waals surface area contributed by atoms with Gasteiger partial charge in [-0.1, -0.05) is 6.07 Å². The molecule has 3 rings (SSSR count). The van der Waals surface area contributed by atoms with E-state index in [1.807, 2.05) is 0 Å². The van der Waals surface area contributed by atoms with E-state index in [9.17, 15) is 36.6 Å². The third-order valence-corrected chi connectivity index (χ3v) is 4.46. The number of rotatable bonds is 7. The molecule has 0 saturated carbocycles. The Balaban J connectivity index is 1.89. The van der Waals surface area contributed by atoms with Gasteiger partial charge in [0.15, 0.2) is 11.4 Å². The number of aromatic nitrogens is 2. The van der Waals surface area contributed by atoms with E-state index in [0.717, 1.165) is 16.5 Å². The second-order valence-electron chi connectivity index (χ2n) is 6.77. The van der Waals surface area contributed by atoms with Crippen LogP contribution >= 0.6 is 0 Å². The number of alkyl halides is 3. The van der Waals surface area contributed by atoms with Crippen molar-refractivity contribution in [1.82, 2.24) is 14.7 Å². The number of amides is 1. The summed E-state index contributed by atoms with van der Waals surface area (Å²) in [6.45, 7) is 0.879. The van der Waals surface area contributed by atoms with Crippen LogP contribution in [0.15, 0.2) is 36.5 Å². The minimum Gasteiger partial charge on any atom is -0.548 e. The van der Waals surface area contributed by atoms with Crippen molar-refractivity contribution < 1.29 is 41.4 Å². The number of fused-ring (bicyclic) bond motifs is 1. The van der Waals surface area contributed by atoms with Gasteiger partial charge in [-0.2, -0.15) is 13.2 Å². The van der Waals surface area contributed by atoms with Gasteiger partial charge in [0.2, 0.25) is 0 Å². The number of benzene rings is 1. The van der Waals surface area contributed by atoms with Gasteiger partial charge in [0.1, 0.15) is 23.9 Å². The number of carbonyl (C=O) groups excluding carboxylic acids is 2. The van der Waals surface area contributed by atoms with Gasteiger partial charge in [-0.3, -0.25) is 9.20 Å². The molecule has 170 valence electrons. The van der Waals surface area contributed by atoms with Gasteiger partial charge in [-0.25, -0.2) is 13.8 Å². The van der Waals surface area contributed by atoms with Gasteiger partial charge in [0, 0.05) is 6.20 Å². The van der Waals surface area contributed by atoms with Crippen molar-refractivity contribution in [3.8, 4) is 5.75 Å². The molecule has 1 amide bonds. The van der Waals surface area contributed by atoms with Gasteiger partial charge in [-0.15, -0.1) is 0 Å². The summed E-state index contributed by atoms with van der Waals surface area (Å²) in [6, 6.07) is 3.81. The van der Waals surface area contributed by atoms with E-state index in [0.29, 0.717) is 0 Å². The quantitative estimate of drug-likeness (QED) is 0.551. The van der Waals surface area contributed by atoms with Crippen LogP contribution in [0.2, 0.25) is 0 Å². The van der Waals surface area contributed by atoms with Gasteiger partial charge < -0.3 is 20.0 Å². The summed E-state index contributed by atoms with van der Waals surface area (Å²) in [5, 5.41) is 12.8. The number of hydrogen-bond donors (Lipinski definition) is 1. The van der Waals surface area contributed by atoms with E-state index < -0.39 is 48.8 Å². The largest absolute Gasteiger partial charge is 0.548 e. The zero-order valence-corrected chi connectivity index (χ0v) is 16.4. The lowest BCUT2D eigenvalue weighted by Crippen LogP contribution is -2.50. The molecule has 32 heavy (non-hydrogen) atoms. The van der Waals surface area contributed by atoms with Crippen LogP contribution < -0.4 is 15.2 Å². The van der Waals surface area contributed by atoms with Crippen LogP contribution in [0, 0.1) is 18.6 Å². The normalized spacial score (nSPS) is 12.6. The average molecular weight is 456 g/mol. The molecule has 0 saturated heterocycles. The van der Waals surface area contributed by atoms with Crippen LogP contribution in [-0.4, -0.2) is 33.5 Å². The lowest BCUT2D eigenvalue weighted by molar-refractivity contribution is -0.310. The van der Waals surface area contributed by atoms with Crippen molar-refractivity contribution >= 4 is 17.5 Å². The Hall–Kier alpha value is -3.70. The number of pyridine rings is 1. The number of hydrogen-bond acceptors (Lipinski definition) is 5. The van der Waals surface area contributed by atoms with E-state index in [1.165, 1.54) is 31.3 Å². The summed E-state index contributed by atoms with van der Waals surface area (Å²) >= 11 is 0. The Bertz CT molecular complexity index is 1160. The molecular weight excluding hydrogens is 441 g/mol. The third-order valence-electron chi connectivity index (χ3n) is 4.46. The Kier molecular flexibility index (Phi) is 6.32. The van der Waals surface area contributed by atoms with Gasteiger partial charge in [-0.05, 0) is 31.2 Å². The first-order valence-corrected chi connectivity index (χ1v) is 9.09. The highest BCUT2D eigenvalue weighted by Crippen LogP contribution is 2.25. The minimum atomic E-state index is -4.85. The fourth-order valence-electron chi connectivity index (χ4n) is 3.01. The maximum Gasteiger partial charge on any atom is 0.391 e. The summed E-state index contributed by atoms with van der Waals surface area (Å²) in [7, 11) is 0. The number of carboxylic acid groups (broad SMARTS) is 1. The van der Waals surface area contributed by atoms with E-state index >= 15 is 0 Å². The summed E-state index contributed by atoms with van der Waals surface area (Å²) in [5.74, 6) is -4.85. The molecule has 3 aromatic rings. The zero-order valence-electron chi connectivity index (χ0n) is 16.4. The Labute approximate surface area is 177 Å². The zero-order chi connectivity index (χ0) is 23.6. The molecule has 7 nitrogen and oxygen atoms in total. The molecule has 2 aromatic heterocycles. The van der Waals surface area contributed by atoms with Crippen LogP contribution in [0.25, 0.3) is 5.65 Å². The highest BCUT2D eigenvalue weighted by Gasteiger charge is 2.34. The highest BCUT2D eigenvalue weighted by atomic mass is 19.4. The fraction of sp³-hybridized carbons (Fsp3) is 0.250. The second kappa shape index (κ2) is 8.81. The summed E-state index contributed by atoms with van der Waals surface area (Å²) < 4.78 is 72.0. The maximum atomic E-state index is 13.8. The van der Waals surface area contributed by atoms with Crippen LogP contribution in [0.5, 0.6) is 5.75 Å². The number of carbonyl (C=O) groups is 2. The van der Waals surface area contributed by atoms with Crippen molar-refractivity contribution in [3.63, 3.8) is 0 Å². The fourth-order valence-corrected chi connectivity index (χ4v) is 3.01. The predicted octanol–water partition coefficient (Wildman–Crippen LogP) is 2.30. The Morgan fingerprint density at radius 1 is 1.19 bits per heavy atom. The topological polar surface area (TPSA) is 95.8 Å². The second-order valence-corrected chi connectivity index (χ2v) is 6.77. The summed E-state index contributed by atoms with van der Waals surface area (Å²) in [4.78, 5) is 27.7. The number of ether oxygens (including phenoxy) is 1. The van der Waals surface area contributed by atoms with Crippen LogP contribution in [0.3, 0.4) is 0 Å². The number of halogens is 5. The minimum absolute atomic E-state index is 0.0315. The molecular formula is C20H15F5N3O4-. The molecule has 0 spiro atoms. The van der Waals surface area contributed by atoms with E-state index in [4.69, 9.17) is 4.74 Å². The van der Waals surface area contributed by atoms with E-state index in [2.05, 4.69) is 4.98 Å². The van der Waals surface area contributed by atoms with Crippen molar-refractivity contribution in [2.75, 3.05) is 0 Å². The standard InChI is InChI=1S/C20H16F5N3O4/c1-10-16(18(29)27-14(19(30)31)8-20(23,24)25)28-7-3-6-15(17(28)26-10)32-9-11-12(21)4-2-5-13(11)22/h2-7,14H,8-9H2,1H3,(H,27,29)(H,30,31)/p-1. The number of imidazole rings is 1. The highest BCUT2D eigenvalue weighted by molar-refractivity contribution is 5.97. The van der Waals surface area contributed by atoms with Gasteiger partial charge >= 0.3 is 6.18 Å². The molecule has 1 N–H and O–H groups in total. The van der Waals surface area contributed by atoms with E-state index in [1.54, 1.807) is 5.32 Å². The Morgan fingerprint density at radius 3 is 2.44 bits per heavy atom. The molecule has 2 heterocycles. The van der Waals surface area contributed by atoms with E-state index in [-0.39, 0.29) is 28.3 Å². The average Bonchev–Trinajstić information content (AvgIpc) is 3.02. The molecule has 1 aromatic carbocycles. The third kappa shape index (κ3) is 4.95. The van der Waals surface area contributed by atoms with Crippen LogP contribution in [0.1, 0.15) is 28.2 Å². The first-order valence-electron chi connectivity index (χ1n) is 9.09. The summed E-state index contributed by atoms with van der Waals surface area (Å²) in [5.41, 5.74) is -0.483. The molecule has 0 bridgehead atoms. The molecule has 0 aliphatic carbocycles. The number of aliphatic carboxylic acids is 1. The lowest BCUT2D eigenvalue weighted by atomic mass is 10.2. The molecule has 12 heteroatoms. The number of aryl methyl sites for hydroxylation is 1. The number of carboxylic acids is 1. The summed E-state index contributed by atoms with van der Waals surface area (Å²) in [6.07, 6.45) is -5.33. The molecule has 0 fully saturated rings. The Morgan fingerprint density at radius 2 is 1.84 bits per heavy atom. The van der Waals surface area contributed by atoms with Crippen molar-refractivity contribution in [2.24, 2.45) is 0 Å². The predicted molar refractivity (Wildman–Crippen MR) is 97.6 cm³/mol. The molecule has 0 aliphatic rings. The SMILES string of the molecule is Cc1nc2c(OCc3c(F)cccc3F)cccn2c1C(=O)NC(CC(F)(F)F)C(=O)[O-]. The number of nitrogens with zero attached hydrogens (tertiary/aromatic N) is 2. The lowest BCUT2D eigenvalue weighted by Gasteiger charge is -2.21. The smallest absolute Gasteiger partial charge is 0.391 e. The van der Waals surface area contributed by atoms with Gasteiger partial charge in [0.05, 0.1) is 29.7 Å². The monoisotopic (exact) mass is 456 g/mol. The molecule has 1 unspecified atom stereocenters. The first-order chi connectivity index (χ1) is 15.0. The number of nitrogens with one attached hydrogen (secondary N) is 1. The first kappa shape index (κ1) is 23.0. The maximum absolute atomic E-state index is 13.8. The van der Waals surface area contributed by atoms with Gasteiger partial charge in [0.25, 0.3) is 5.91 Å². The van der Waals surface area contributed by atoms with Crippen LogP contribution in [0.4, 0.5) is 22.0 Å². The molecule has 1 atom stereocenters. The van der Waals surface area contributed by atoms with Crippen molar-refractivity contribution in [1.29, 1.82) is 0 Å². The van der Waals surface area contributed by atoms with Crippen LogP contribution in [-0.2, 0) is 11.4 Å².